The summed E-state index contributed by atoms with van der Waals surface area (Å²) >= 11 is 0. The van der Waals surface area contributed by atoms with Gasteiger partial charge in [-0.3, -0.25) is 4.57 Å². The average molecular weight is 254 g/mol. The molecule has 0 saturated carbocycles. The molecule has 0 rings (SSSR count). The first kappa shape index (κ1) is 36.2. The molecule has 0 saturated heterocycles. The Kier molecular flexibility index (Phi) is 62.0. The van der Waals surface area contributed by atoms with E-state index in [0.717, 1.165) is 0 Å². The summed E-state index contributed by atoms with van der Waals surface area (Å²) in [6, 6.07) is 0. The zero-order chi connectivity index (χ0) is 6.62. The van der Waals surface area contributed by atoms with Crippen molar-refractivity contribution < 1.29 is 13.6 Å². The summed E-state index contributed by atoms with van der Waals surface area (Å²) in [7, 11) is -0.279. The summed E-state index contributed by atoms with van der Waals surface area (Å²) in [4.78, 5) is 0. The molecule has 0 aromatic rings. The molecule has 4 nitrogen and oxygen atoms in total. The van der Waals surface area contributed by atoms with E-state index in [1.165, 1.54) is 14.2 Å². The van der Waals surface area contributed by atoms with Crippen LogP contribution in [-0.4, -0.2) is 168 Å². The maximum atomic E-state index is 10.8. The van der Waals surface area contributed by atoms with Gasteiger partial charge in [-0.05, 0) is 0 Å². The maximum Gasteiger partial charge on any atom is 0.343 e. The van der Waals surface area contributed by atoms with Crippen molar-refractivity contribution in [2.24, 2.45) is 5.73 Å². The molecule has 0 spiro atoms. The average Bonchev–Trinajstić information content (AvgIpc) is 1.87. The third kappa shape index (κ3) is 19.6. The van der Waals surface area contributed by atoms with Gasteiger partial charge < -0.3 is 14.8 Å². The van der Waals surface area contributed by atoms with Crippen LogP contribution in [0.3, 0.4) is 0 Å². The fraction of sp³-hybridized carbons (Fsp3) is 1.00. The van der Waals surface area contributed by atoms with E-state index < -0.39 is 7.60 Å². The molecular formula is C3H10NNa5O3P. The summed E-state index contributed by atoms with van der Waals surface area (Å²) in [6.07, 6.45) is -0.0694. The Morgan fingerprint density at radius 2 is 1.23 bits per heavy atom. The van der Waals surface area contributed by atoms with Crippen molar-refractivity contribution in [3.05, 3.63) is 0 Å². The van der Waals surface area contributed by atoms with Gasteiger partial charge in [0, 0.05) is 162 Å². The van der Waals surface area contributed by atoms with Crippen molar-refractivity contribution in [1.82, 2.24) is 0 Å². The molecule has 0 aromatic carbocycles. The van der Waals surface area contributed by atoms with Gasteiger partial charge in [-0.15, -0.1) is 0 Å². The van der Waals surface area contributed by atoms with Crippen LogP contribution in [0.15, 0.2) is 0 Å². The summed E-state index contributed by atoms with van der Waals surface area (Å²) in [6.45, 7) is 0. The minimum absolute atomic E-state index is 0. The Hall–Kier alpha value is 5.11. The first-order chi connectivity index (χ1) is 3.68. The van der Waals surface area contributed by atoms with Crippen molar-refractivity contribution >= 4 is 155 Å². The second-order valence-corrected chi connectivity index (χ2v) is 3.48. The summed E-state index contributed by atoms with van der Waals surface area (Å²) in [5, 5.41) is 0. The Balaban J connectivity index is -0.0000000245. The van der Waals surface area contributed by atoms with E-state index in [9.17, 15) is 4.57 Å². The maximum absolute atomic E-state index is 10.8. The molecule has 0 aliphatic carbocycles. The van der Waals surface area contributed by atoms with E-state index in [4.69, 9.17) is 5.73 Å². The molecule has 0 fully saturated rings. The van der Waals surface area contributed by atoms with Gasteiger partial charge in [-0.1, -0.05) is 0 Å². The van der Waals surface area contributed by atoms with Gasteiger partial charge in [0.05, 0.1) is 6.29 Å². The molecule has 0 unspecified atom stereocenters. The smallest absolute Gasteiger partial charge is 0.320 e. The van der Waals surface area contributed by atoms with E-state index in [0.29, 0.717) is 0 Å². The van der Waals surface area contributed by atoms with Crippen LogP contribution < -0.4 is 5.73 Å². The molecule has 2 N–H and O–H groups in total. The number of hydrogen-bond donors (Lipinski definition) is 1. The van der Waals surface area contributed by atoms with Gasteiger partial charge in [0.25, 0.3) is 0 Å². The largest absolute Gasteiger partial charge is 0.343 e. The normalized spacial score (nSPS) is 7.31. The van der Waals surface area contributed by atoms with Crippen LogP contribution in [0.5, 0.6) is 0 Å². The number of rotatable bonds is 3. The van der Waals surface area contributed by atoms with Gasteiger partial charge in [-0.2, -0.15) is 0 Å². The van der Waals surface area contributed by atoms with Crippen LogP contribution in [0.1, 0.15) is 0 Å². The first-order valence-corrected chi connectivity index (χ1v) is 3.82. The topological polar surface area (TPSA) is 61.5 Å². The zero-order valence-electron chi connectivity index (χ0n) is 9.96. The molecule has 0 bridgehead atoms. The molecule has 0 aliphatic rings. The van der Waals surface area contributed by atoms with Crippen molar-refractivity contribution in [3.63, 3.8) is 0 Å². The van der Waals surface area contributed by atoms with Crippen LogP contribution in [-0.2, 0) is 13.6 Å². The Morgan fingerprint density at radius 1 is 1.00 bits per heavy atom. The second kappa shape index (κ2) is 22.3. The molecule has 13 heavy (non-hydrogen) atoms. The van der Waals surface area contributed by atoms with E-state index in [-0.39, 0.29) is 154 Å². The summed E-state index contributed by atoms with van der Waals surface area (Å²) in [5.74, 6) is 0. The predicted octanol–water partition coefficient (Wildman–Crippen LogP) is -1.52. The molecule has 0 atom stereocenters. The van der Waals surface area contributed by atoms with E-state index in [1.54, 1.807) is 0 Å². The van der Waals surface area contributed by atoms with Crippen molar-refractivity contribution in [1.29, 1.82) is 0 Å². The first-order valence-electron chi connectivity index (χ1n) is 2.09. The van der Waals surface area contributed by atoms with Crippen molar-refractivity contribution in [3.8, 4) is 0 Å². The van der Waals surface area contributed by atoms with Crippen LogP contribution in [0.4, 0.5) is 0 Å². The molecule has 10 heteroatoms. The van der Waals surface area contributed by atoms with Crippen molar-refractivity contribution in [2.75, 3.05) is 20.5 Å². The SMILES string of the molecule is COP(=O)(CN)OC.[Na].[Na].[Na].[Na].[Na]. The van der Waals surface area contributed by atoms with Gasteiger partial charge in [-0.25, -0.2) is 0 Å². The number of nitrogens with two attached hydrogens (primary N) is 1. The van der Waals surface area contributed by atoms with Crippen molar-refractivity contribution in [2.45, 2.75) is 0 Å². The van der Waals surface area contributed by atoms with Gasteiger partial charge >= 0.3 is 7.60 Å². The number of hydrogen-bond acceptors (Lipinski definition) is 4. The fourth-order valence-electron chi connectivity index (χ4n) is 0.224. The predicted molar refractivity (Wildman–Crippen MR) is 59.4 cm³/mol. The molecule has 0 heterocycles. The van der Waals surface area contributed by atoms with Gasteiger partial charge in [0.1, 0.15) is 0 Å². The van der Waals surface area contributed by atoms with Crippen LogP contribution in [0, 0.1) is 0 Å². The van der Waals surface area contributed by atoms with E-state index >= 15 is 0 Å². The molecule has 55 valence electrons. The van der Waals surface area contributed by atoms with E-state index in [1.807, 2.05) is 0 Å². The third-order valence-electron chi connectivity index (χ3n) is 0.780. The van der Waals surface area contributed by atoms with Gasteiger partial charge in [0.15, 0.2) is 0 Å². The second-order valence-electron chi connectivity index (χ2n) is 1.16. The van der Waals surface area contributed by atoms with E-state index in [2.05, 4.69) is 9.05 Å². The Bertz CT molecular complexity index is 98.2. The summed E-state index contributed by atoms with van der Waals surface area (Å²) < 4.78 is 19.6. The fourth-order valence-corrected chi connectivity index (χ4v) is 0.671. The molecule has 5 radical (unpaired) electrons. The monoisotopic (exact) mass is 254 g/mol. The summed E-state index contributed by atoms with van der Waals surface area (Å²) in [5.41, 5.74) is 5.01. The van der Waals surface area contributed by atoms with Crippen LogP contribution in [0.25, 0.3) is 0 Å². The standard InChI is InChI=1S/C3H10NO3P.5Na/c1-6-8(5,3-4)7-2;;;;;/h3-4H2,1-2H3;;;;;. The molecular weight excluding hydrogens is 244 g/mol. The minimum atomic E-state index is -2.88. The third-order valence-corrected chi connectivity index (χ3v) is 2.34. The zero-order valence-corrected chi connectivity index (χ0v) is 20.9. The Morgan fingerprint density at radius 3 is 1.23 bits per heavy atom. The van der Waals surface area contributed by atoms with Crippen LogP contribution in [0.2, 0.25) is 0 Å². The Labute approximate surface area is 191 Å². The minimum Gasteiger partial charge on any atom is -0.320 e. The quantitative estimate of drug-likeness (QED) is 0.491. The molecule has 0 amide bonds. The van der Waals surface area contributed by atoms with Gasteiger partial charge in [0.2, 0.25) is 0 Å². The molecule has 0 aliphatic heterocycles. The van der Waals surface area contributed by atoms with Crippen LogP contribution >= 0.6 is 7.60 Å². The molecule has 0 aromatic heterocycles.